The molecule has 4 heteroatoms. The van der Waals surface area contributed by atoms with Gasteiger partial charge in [-0.1, -0.05) is 5.57 Å². The third-order valence-corrected chi connectivity index (χ3v) is 4.72. The molecule has 1 N–H and O–H groups in total. The van der Waals surface area contributed by atoms with E-state index in [2.05, 4.69) is 0 Å². The topological polar surface area (TPSA) is 55.8 Å². The van der Waals surface area contributed by atoms with Crippen molar-refractivity contribution in [2.75, 3.05) is 14.2 Å². The molecule has 2 bridgehead atoms. The fourth-order valence-electron chi connectivity index (χ4n) is 3.78. The van der Waals surface area contributed by atoms with Crippen molar-refractivity contribution in [3.8, 4) is 11.5 Å². The van der Waals surface area contributed by atoms with E-state index >= 15 is 0 Å². The summed E-state index contributed by atoms with van der Waals surface area (Å²) >= 11 is 0. The molecule has 0 aromatic heterocycles. The molecule has 1 aromatic carbocycles. The van der Waals surface area contributed by atoms with Crippen LogP contribution in [0.15, 0.2) is 29.3 Å². The summed E-state index contributed by atoms with van der Waals surface area (Å²) in [4.78, 5) is 11.5. The van der Waals surface area contributed by atoms with Crippen LogP contribution in [0.5, 0.6) is 11.5 Å². The monoisotopic (exact) mass is 288 g/mol. The lowest BCUT2D eigenvalue weighted by Crippen LogP contribution is -2.13. The van der Waals surface area contributed by atoms with E-state index in [0.717, 1.165) is 41.9 Å². The largest absolute Gasteiger partial charge is 0.497 e. The van der Waals surface area contributed by atoms with Crippen LogP contribution in [-0.2, 0) is 11.2 Å². The van der Waals surface area contributed by atoms with Crippen molar-refractivity contribution in [3.63, 3.8) is 0 Å². The molecule has 4 nitrogen and oxygen atoms in total. The van der Waals surface area contributed by atoms with Crippen LogP contribution < -0.4 is 9.47 Å². The number of fused-ring (bicyclic) bond motifs is 2. The van der Waals surface area contributed by atoms with Gasteiger partial charge in [0.25, 0.3) is 0 Å². The van der Waals surface area contributed by atoms with Crippen LogP contribution in [0.3, 0.4) is 0 Å². The van der Waals surface area contributed by atoms with Gasteiger partial charge in [-0.15, -0.1) is 0 Å². The van der Waals surface area contributed by atoms with Gasteiger partial charge in [-0.05, 0) is 55.2 Å². The van der Waals surface area contributed by atoms with Gasteiger partial charge in [0.05, 0.1) is 14.2 Å². The van der Waals surface area contributed by atoms with Crippen LogP contribution in [0.1, 0.15) is 24.8 Å². The standard InChI is InChI=1S/C17H20O4/c1-20-13-5-10(6-14(9-13)21-2)7-15-11-3-4-12(8-11)16(15)17(18)19/h5-6,9,11-12H,3-4,7-8H2,1-2H3,(H,18,19). The van der Waals surface area contributed by atoms with E-state index in [4.69, 9.17) is 9.47 Å². The molecule has 3 rings (SSSR count). The van der Waals surface area contributed by atoms with Crippen molar-refractivity contribution in [2.24, 2.45) is 11.8 Å². The van der Waals surface area contributed by atoms with Crippen LogP contribution in [0.2, 0.25) is 0 Å². The Morgan fingerprint density at radius 3 is 2.33 bits per heavy atom. The highest BCUT2D eigenvalue weighted by molar-refractivity contribution is 5.89. The molecule has 0 aliphatic heterocycles. The van der Waals surface area contributed by atoms with E-state index in [1.807, 2.05) is 18.2 Å². The molecule has 1 saturated carbocycles. The lowest BCUT2D eigenvalue weighted by atomic mass is 9.88. The summed E-state index contributed by atoms with van der Waals surface area (Å²) in [6.45, 7) is 0. The first-order chi connectivity index (χ1) is 10.1. The van der Waals surface area contributed by atoms with Gasteiger partial charge in [-0.25, -0.2) is 4.79 Å². The normalized spacial score (nSPS) is 23.5. The molecule has 2 aliphatic carbocycles. The Kier molecular flexibility index (Phi) is 3.62. The van der Waals surface area contributed by atoms with Gasteiger partial charge >= 0.3 is 5.97 Å². The van der Waals surface area contributed by atoms with E-state index < -0.39 is 5.97 Å². The first-order valence-corrected chi connectivity index (χ1v) is 7.30. The van der Waals surface area contributed by atoms with Gasteiger partial charge in [-0.3, -0.25) is 0 Å². The lowest BCUT2D eigenvalue weighted by Gasteiger charge is -2.18. The molecule has 2 aliphatic rings. The van der Waals surface area contributed by atoms with E-state index in [-0.39, 0.29) is 5.92 Å². The van der Waals surface area contributed by atoms with Crippen molar-refractivity contribution in [1.82, 2.24) is 0 Å². The maximum absolute atomic E-state index is 11.5. The van der Waals surface area contributed by atoms with E-state index in [9.17, 15) is 9.90 Å². The van der Waals surface area contributed by atoms with Crippen LogP contribution in [-0.4, -0.2) is 25.3 Å². The molecule has 112 valence electrons. The Morgan fingerprint density at radius 1 is 1.14 bits per heavy atom. The smallest absolute Gasteiger partial charge is 0.331 e. The minimum absolute atomic E-state index is 0.259. The van der Waals surface area contributed by atoms with Crippen molar-refractivity contribution in [1.29, 1.82) is 0 Å². The van der Waals surface area contributed by atoms with Crippen molar-refractivity contribution < 1.29 is 19.4 Å². The predicted molar refractivity (Wildman–Crippen MR) is 78.7 cm³/mol. The molecule has 21 heavy (non-hydrogen) atoms. The van der Waals surface area contributed by atoms with Crippen LogP contribution in [0, 0.1) is 11.8 Å². The number of rotatable bonds is 5. The maximum atomic E-state index is 11.5. The molecule has 0 saturated heterocycles. The quantitative estimate of drug-likeness (QED) is 0.904. The molecule has 1 fully saturated rings. The third kappa shape index (κ3) is 2.50. The minimum Gasteiger partial charge on any atom is -0.497 e. The summed E-state index contributed by atoms with van der Waals surface area (Å²) in [5.74, 6) is 1.44. The third-order valence-electron chi connectivity index (χ3n) is 4.72. The number of benzene rings is 1. The molecule has 0 radical (unpaired) electrons. The number of hydrogen-bond acceptors (Lipinski definition) is 3. The van der Waals surface area contributed by atoms with E-state index in [1.165, 1.54) is 0 Å². The summed E-state index contributed by atoms with van der Waals surface area (Å²) in [5, 5.41) is 9.48. The second-order valence-corrected chi connectivity index (χ2v) is 5.85. The molecule has 0 amide bonds. The first-order valence-electron chi connectivity index (χ1n) is 7.30. The van der Waals surface area contributed by atoms with Crippen molar-refractivity contribution >= 4 is 5.97 Å². The van der Waals surface area contributed by atoms with Gasteiger partial charge < -0.3 is 14.6 Å². The van der Waals surface area contributed by atoms with Gasteiger partial charge in [0.1, 0.15) is 11.5 Å². The SMILES string of the molecule is COc1cc(CC2=C(C(=O)O)C3CCC2C3)cc(OC)c1. The Hall–Kier alpha value is -1.97. The summed E-state index contributed by atoms with van der Waals surface area (Å²) in [7, 11) is 3.25. The van der Waals surface area contributed by atoms with E-state index in [0.29, 0.717) is 17.9 Å². The fraction of sp³-hybridized carbons (Fsp3) is 0.471. The molecule has 0 spiro atoms. The van der Waals surface area contributed by atoms with Gasteiger partial charge in [0.15, 0.2) is 0 Å². The number of methoxy groups -OCH3 is 2. The Balaban J connectivity index is 1.94. The Morgan fingerprint density at radius 2 is 1.76 bits per heavy atom. The lowest BCUT2D eigenvalue weighted by molar-refractivity contribution is -0.133. The summed E-state index contributed by atoms with van der Waals surface area (Å²) in [5.41, 5.74) is 2.81. The zero-order chi connectivity index (χ0) is 15.0. The molecule has 0 heterocycles. The number of hydrogen-bond donors (Lipinski definition) is 1. The number of ether oxygens (including phenoxy) is 2. The highest BCUT2D eigenvalue weighted by Gasteiger charge is 2.41. The average Bonchev–Trinajstić information content (AvgIpc) is 3.07. The predicted octanol–water partition coefficient (Wildman–Crippen LogP) is 3.06. The van der Waals surface area contributed by atoms with Gasteiger partial charge in [0, 0.05) is 11.6 Å². The average molecular weight is 288 g/mol. The zero-order valence-electron chi connectivity index (χ0n) is 12.4. The molecule has 2 atom stereocenters. The second kappa shape index (κ2) is 5.43. The summed E-state index contributed by atoms with van der Waals surface area (Å²) < 4.78 is 10.6. The Bertz CT molecular complexity index is 581. The van der Waals surface area contributed by atoms with Gasteiger partial charge in [-0.2, -0.15) is 0 Å². The summed E-state index contributed by atoms with van der Waals surface area (Å²) in [6, 6.07) is 5.75. The number of aliphatic carboxylic acids is 1. The van der Waals surface area contributed by atoms with Gasteiger partial charge in [0.2, 0.25) is 0 Å². The van der Waals surface area contributed by atoms with Crippen LogP contribution in [0.4, 0.5) is 0 Å². The summed E-state index contributed by atoms with van der Waals surface area (Å²) in [6.07, 6.45) is 3.84. The number of carbonyl (C=O) groups is 1. The van der Waals surface area contributed by atoms with Crippen LogP contribution >= 0.6 is 0 Å². The molecule has 1 aromatic rings. The first kappa shape index (κ1) is 14.0. The molecular formula is C17H20O4. The van der Waals surface area contributed by atoms with Crippen molar-refractivity contribution in [2.45, 2.75) is 25.7 Å². The van der Waals surface area contributed by atoms with Crippen LogP contribution in [0.25, 0.3) is 0 Å². The highest BCUT2D eigenvalue weighted by Crippen LogP contribution is 2.49. The number of carboxylic acids is 1. The Labute approximate surface area is 124 Å². The number of carboxylic acid groups (broad SMARTS) is 1. The van der Waals surface area contributed by atoms with Crippen molar-refractivity contribution in [3.05, 3.63) is 34.9 Å². The zero-order valence-corrected chi connectivity index (χ0v) is 12.4. The minimum atomic E-state index is -0.743. The highest BCUT2D eigenvalue weighted by atomic mass is 16.5. The molecular weight excluding hydrogens is 268 g/mol. The molecule has 2 unspecified atom stereocenters. The second-order valence-electron chi connectivity index (χ2n) is 5.85. The fourth-order valence-corrected chi connectivity index (χ4v) is 3.78. The maximum Gasteiger partial charge on any atom is 0.331 e. The van der Waals surface area contributed by atoms with E-state index in [1.54, 1.807) is 14.2 Å². The number of allylic oxidation sites excluding steroid dienone is 1.